The molecule has 0 saturated heterocycles. The van der Waals surface area contributed by atoms with Crippen LogP contribution in [0.25, 0.3) is 0 Å². The monoisotopic (exact) mass is 181 g/mol. The molecule has 13 heavy (non-hydrogen) atoms. The van der Waals surface area contributed by atoms with Crippen molar-refractivity contribution in [3.05, 3.63) is 29.8 Å². The van der Waals surface area contributed by atoms with Crippen LogP contribution in [0.15, 0.2) is 24.3 Å². The molecule has 0 bridgehead atoms. The van der Waals surface area contributed by atoms with Crippen LogP contribution in [0.3, 0.4) is 0 Å². The average Bonchev–Trinajstić information content (AvgIpc) is 2.77. The summed E-state index contributed by atoms with van der Waals surface area (Å²) in [5.74, 6) is 0.675. The number of benzene rings is 1. The van der Waals surface area contributed by atoms with Gasteiger partial charge in [0.15, 0.2) is 5.67 Å². The number of methoxy groups -OCH3 is 1. The molecule has 3 heteroatoms. The van der Waals surface area contributed by atoms with E-state index in [1.807, 2.05) is 0 Å². The number of hydrogen-bond acceptors (Lipinski definition) is 2. The standard InChI is InChI=1S/C10H12FNO/c1-13-8-4-2-3-7(5-8)10(11)6-9(10)12/h2-5,9H,6,12H2,1H3/t9-,10-/m0/s1. The van der Waals surface area contributed by atoms with Crippen molar-refractivity contribution in [2.75, 3.05) is 7.11 Å². The molecule has 1 aromatic rings. The van der Waals surface area contributed by atoms with Crippen molar-refractivity contribution < 1.29 is 9.13 Å². The SMILES string of the molecule is COc1cccc([C@@]2(F)C[C@@H]2N)c1. The molecule has 1 aliphatic rings. The van der Waals surface area contributed by atoms with Crippen molar-refractivity contribution in [3.63, 3.8) is 0 Å². The molecule has 2 atom stereocenters. The molecule has 0 radical (unpaired) electrons. The summed E-state index contributed by atoms with van der Waals surface area (Å²) in [6, 6.07) is 6.67. The highest BCUT2D eigenvalue weighted by Gasteiger charge is 2.54. The summed E-state index contributed by atoms with van der Waals surface area (Å²) in [6.07, 6.45) is 0.417. The summed E-state index contributed by atoms with van der Waals surface area (Å²) in [7, 11) is 1.57. The summed E-state index contributed by atoms with van der Waals surface area (Å²) >= 11 is 0. The number of alkyl halides is 1. The third kappa shape index (κ3) is 1.29. The summed E-state index contributed by atoms with van der Waals surface area (Å²) < 4.78 is 18.8. The smallest absolute Gasteiger partial charge is 0.152 e. The fraction of sp³-hybridized carbons (Fsp3) is 0.400. The lowest BCUT2D eigenvalue weighted by Crippen LogP contribution is -2.13. The van der Waals surface area contributed by atoms with Gasteiger partial charge in [-0.3, -0.25) is 0 Å². The number of halogens is 1. The Kier molecular flexibility index (Phi) is 1.77. The quantitative estimate of drug-likeness (QED) is 0.752. The summed E-state index contributed by atoms with van der Waals surface area (Å²) in [5.41, 5.74) is 4.82. The van der Waals surface area contributed by atoms with Gasteiger partial charge in [-0.05, 0) is 17.7 Å². The van der Waals surface area contributed by atoms with Crippen LogP contribution >= 0.6 is 0 Å². The van der Waals surface area contributed by atoms with Gasteiger partial charge in [0, 0.05) is 12.5 Å². The van der Waals surface area contributed by atoms with E-state index in [1.54, 1.807) is 31.4 Å². The van der Waals surface area contributed by atoms with Gasteiger partial charge < -0.3 is 10.5 Å². The average molecular weight is 181 g/mol. The predicted octanol–water partition coefficient (Wildman–Crippen LogP) is 1.59. The van der Waals surface area contributed by atoms with E-state index in [0.717, 1.165) is 0 Å². The maximum absolute atomic E-state index is 13.8. The zero-order valence-electron chi connectivity index (χ0n) is 7.46. The Morgan fingerprint density at radius 2 is 2.31 bits per heavy atom. The summed E-state index contributed by atoms with van der Waals surface area (Å²) in [4.78, 5) is 0. The molecule has 0 spiro atoms. The van der Waals surface area contributed by atoms with E-state index in [-0.39, 0.29) is 6.04 Å². The second-order valence-electron chi connectivity index (χ2n) is 3.41. The molecule has 0 heterocycles. The molecule has 0 aromatic heterocycles. The lowest BCUT2D eigenvalue weighted by Gasteiger charge is -2.07. The number of rotatable bonds is 2. The Morgan fingerprint density at radius 1 is 1.62 bits per heavy atom. The first-order valence-electron chi connectivity index (χ1n) is 4.26. The van der Waals surface area contributed by atoms with Gasteiger partial charge in [-0.15, -0.1) is 0 Å². The molecule has 70 valence electrons. The summed E-state index contributed by atoms with van der Waals surface area (Å²) in [6.45, 7) is 0. The first kappa shape index (κ1) is 8.51. The molecule has 1 saturated carbocycles. The maximum atomic E-state index is 13.8. The largest absolute Gasteiger partial charge is 0.497 e. The van der Waals surface area contributed by atoms with E-state index < -0.39 is 5.67 Å². The molecule has 2 nitrogen and oxygen atoms in total. The first-order valence-corrected chi connectivity index (χ1v) is 4.26. The molecule has 2 N–H and O–H groups in total. The van der Waals surface area contributed by atoms with Gasteiger partial charge >= 0.3 is 0 Å². The van der Waals surface area contributed by atoms with Crippen molar-refractivity contribution in [1.29, 1.82) is 0 Å². The Balaban J connectivity index is 2.31. The van der Waals surface area contributed by atoms with E-state index in [9.17, 15) is 4.39 Å². The third-order valence-electron chi connectivity index (χ3n) is 2.49. The van der Waals surface area contributed by atoms with E-state index in [1.165, 1.54) is 0 Å². The van der Waals surface area contributed by atoms with Gasteiger partial charge in [0.05, 0.1) is 7.11 Å². The number of nitrogens with two attached hydrogens (primary N) is 1. The van der Waals surface area contributed by atoms with Gasteiger partial charge in [0.1, 0.15) is 5.75 Å². The van der Waals surface area contributed by atoms with E-state index in [0.29, 0.717) is 17.7 Å². The van der Waals surface area contributed by atoms with E-state index in [4.69, 9.17) is 10.5 Å². The third-order valence-corrected chi connectivity index (χ3v) is 2.49. The van der Waals surface area contributed by atoms with Gasteiger partial charge in [-0.1, -0.05) is 12.1 Å². The van der Waals surface area contributed by atoms with Crippen LogP contribution in [0.2, 0.25) is 0 Å². The highest BCUT2D eigenvalue weighted by atomic mass is 19.1. The molecule has 0 unspecified atom stereocenters. The molecule has 1 aliphatic carbocycles. The van der Waals surface area contributed by atoms with Crippen LogP contribution in [0.1, 0.15) is 12.0 Å². The Hall–Kier alpha value is -1.09. The normalized spacial score (nSPS) is 31.5. The van der Waals surface area contributed by atoms with Crippen LogP contribution in [-0.2, 0) is 5.67 Å². The minimum atomic E-state index is -1.31. The number of ether oxygens (including phenoxy) is 1. The van der Waals surface area contributed by atoms with Gasteiger partial charge in [0.25, 0.3) is 0 Å². The highest BCUT2D eigenvalue weighted by Crippen LogP contribution is 2.48. The van der Waals surface area contributed by atoms with Crippen LogP contribution in [0, 0.1) is 0 Å². The van der Waals surface area contributed by atoms with Crippen molar-refractivity contribution in [1.82, 2.24) is 0 Å². The Morgan fingerprint density at radius 3 is 2.85 bits per heavy atom. The minimum absolute atomic E-state index is 0.348. The zero-order valence-corrected chi connectivity index (χ0v) is 7.46. The fourth-order valence-electron chi connectivity index (χ4n) is 1.47. The Labute approximate surface area is 76.5 Å². The zero-order chi connectivity index (χ0) is 9.47. The van der Waals surface area contributed by atoms with Crippen LogP contribution in [0.5, 0.6) is 5.75 Å². The molecule has 0 amide bonds. The highest BCUT2D eigenvalue weighted by molar-refractivity contribution is 5.37. The molecular weight excluding hydrogens is 169 g/mol. The Bertz CT molecular complexity index is 328. The maximum Gasteiger partial charge on any atom is 0.152 e. The lowest BCUT2D eigenvalue weighted by atomic mass is 10.1. The number of hydrogen-bond donors (Lipinski definition) is 1. The van der Waals surface area contributed by atoms with Crippen molar-refractivity contribution >= 4 is 0 Å². The van der Waals surface area contributed by atoms with E-state index >= 15 is 0 Å². The van der Waals surface area contributed by atoms with E-state index in [2.05, 4.69) is 0 Å². The molecule has 0 aliphatic heterocycles. The molecule has 1 aromatic carbocycles. The van der Waals surface area contributed by atoms with Crippen molar-refractivity contribution in [2.45, 2.75) is 18.1 Å². The lowest BCUT2D eigenvalue weighted by molar-refractivity contribution is 0.304. The topological polar surface area (TPSA) is 35.2 Å². The fourth-order valence-corrected chi connectivity index (χ4v) is 1.47. The van der Waals surface area contributed by atoms with Crippen LogP contribution in [-0.4, -0.2) is 13.2 Å². The van der Waals surface area contributed by atoms with Gasteiger partial charge in [-0.2, -0.15) is 0 Å². The van der Waals surface area contributed by atoms with Gasteiger partial charge in [0.2, 0.25) is 0 Å². The summed E-state index contributed by atoms with van der Waals surface area (Å²) in [5, 5.41) is 0. The molecule has 1 fully saturated rings. The molecular formula is C10H12FNO. The second kappa shape index (κ2) is 2.70. The first-order chi connectivity index (χ1) is 6.16. The molecule has 2 rings (SSSR count). The van der Waals surface area contributed by atoms with Crippen molar-refractivity contribution in [2.24, 2.45) is 5.73 Å². The van der Waals surface area contributed by atoms with Crippen molar-refractivity contribution in [3.8, 4) is 5.75 Å². The van der Waals surface area contributed by atoms with Crippen LogP contribution < -0.4 is 10.5 Å². The van der Waals surface area contributed by atoms with Crippen LogP contribution in [0.4, 0.5) is 4.39 Å². The second-order valence-corrected chi connectivity index (χ2v) is 3.41. The predicted molar refractivity (Wildman–Crippen MR) is 48.4 cm³/mol. The van der Waals surface area contributed by atoms with Gasteiger partial charge in [-0.25, -0.2) is 4.39 Å². The minimum Gasteiger partial charge on any atom is -0.497 e.